The second kappa shape index (κ2) is 5.05. The minimum Gasteiger partial charge on any atom is -0.449 e. The van der Waals surface area contributed by atoms with E-state index in [1.54, 1.807) is 6.92 Å². The fourth-order valence-electron chi connectivity index (χ4n) is 0.394. The van der Waals surface area contributed by atoms with Crippen molar-refractivity contribution in [3.05, 3.63) is 0 Å². The molecule has 1 amide bonds. The quantitative estimate of drug-likeness (QED) is 0.595. The number of hydrogen-bond donors (Lipinski definition) is 2. The lowest BCUT2D eigenvalue weighted by Crippen LogP contribution is -2.20. The highest BCUT2D eigenvalue weighted by atomic mass is 16.5. The number of hydrogen-bond acceptors (Lipinski definition) is 3. The molecule has 0 spiro atoms. The highest BCUT2D eigenvalue weighted by Crippen LogP contribution is 1.89. The summed E-state index contributed by atoms with van der Waals surface area (Å²) in [6.07, 6.45) is -0.391. The predicted molar refractivity (Wildman–Crippen MR) is 36.7 cm³/mol. The molecule has 0 aromatic heterocycles. The molecule has 0 aromatic carbocycles. The molecule has 2 N–H and O–H groups in total. The van der Waals surface area contributed by atoms with Crippen molar-refractivity contribution in [3.8, 4) is 0 Å². The van der Waals surface area contributed by atoms with Crippen LogP contribution in [0.15, 0.2) is 0 Å². The average molecular weight is 147 g/mol. The zero-order chi connectivity index (χ0) is 7.98. The molecule has 0 fully saturated rings. The number of aliphatic hydroxyl groups is 1. The van der Waals surface area contributed by atoms with Gasteiger partial charge in [-0.15, -0.1) is 0 Å². The van der Waals surface area contributed by atoms with Crippen molar-refractivity contribution >= 4 is 6.09 Å². The molecule has 0 radical (unpaired) electrons. The topological polar surface area (TPSA) is 58.6 Å². The summed E-state index contributed by atoms with van der Waals surface area (Å²) in [5, 5.41) is 11.0. The van der Waals surface area contributed by atoms with Crippen molar-refractivity contribution in [2.75, 3.05) is 13.7 Å². The van der Waals surface area contributed by atoms with Crippen molar-refractivity contribution in [2.45, 2.75) is 19.4 Å². The van der Waals surface area contributed by atoms with E-state index in [4.69, 9.17) is 5.11 Å². The SMILES string of the molecule is CNC(=O)OCCC(C)O. The first-order valence-corrected chi connectivity index (χ1v) is 3.19. The summed E-state index contributed by atoms with van der Waals surface area (Å²) in [7, 11) is 1.49. The van der Waals surface area contributed by atoms with Crippen molar-refractivity contribution in [1.82, 2.24) is 5.32 Å². The molecule has 0 heterocycles. The molecule has 0 aliphatic heterocycles. The lowest BCUT2D eigenvalue weighted by Gasteiger charge is -2.04. The van der Waals surface area contributed by atoms with Crippen LogP contribution < -0.4 is 5.32 Å². The number of alkyl carbamates (subject to hydrolysis) is 1. The Hall–Kier alpha value is -0.770. The van der Waals surface area contributed by atoms with Crippen LogP contribution in [0.4, 0.5) is 4.79 Å². The normalized spacial score (nSPS) is 12.3. The minimum absolute atomic E-state index is 0.261. The fourth-order valence-corrected chi connectivity index (χ4v) is 0.394. The predicted octanol–water partition coefficient (Wildman–Crippen LogP) is 0.113. The van der Waals surface area contributed by atoms with Crippen molar-refractivity contribution < 1.29 is 14.6 Å². The summed E-state index contributed by atoms with van der Waals surface area (Å²) in [5.41, 5.74) is 0. The Morgan fingerprint density at radius 1 is 1.80 bits per heavy atom. The van der Waals surface area contributed by atoms with Gasteiger partial charge in [0.15, 0.2) is 0 Å². The van der Waals surface area contributed by atoms with Crippen LogP contribution in [0.25, 0.3) is 0 Å². The van der Waals surface area contributed by atoms with E-state index in [9.17, 15) is 4.79 Å². The van der Waals surface area contributed by atoms with E-state index in [2.05, 4.69) is 10.1 Å². The van der Waals surface area contributed by atoms with Gasteiger partial charge in [-0.05, 0) is 6.92 Å². The van der Waals surface area contributed by atoms with Gasteiger partial charge < -0.3 is 15.2 Å². The molecule has 0 aliphatic carbocycles. The molecule has 0 rings (SSSR count). The molecule has 1 unspecified atom stereocenters. The van der Waals surface area contributed by atoms with E-state index < -0.39 is 12.2 Å². The van der Waals surface area contributed by atoms with Gasteiger partial charge in [0.25, 0.3) is 0 Å². The number of amides is 1. The van der Waals surface area contributed by atoms with Crippen molar-refractivity contribution in [1.29, 1.82) is 0 Å². The third-order valence-electron chi connectivity index (χ3n) is 0.973. The highest BCUT2D eigenvalue weighted by Gasteiger charge is 1.98. The first kappa shape index (κ1) is 9.23. The maximum absolute atomic E-state index is 10.4. The molecular weight excluding hydrogens is 134 g/mol. The molecule has 0 saturated carbocycles. The van der Waals surface area contributed by atoms with Gasteiger partial charge in [-0.3, -0.25) is 0 Å². The molecule has 4 nitrogen and oxygen atoms in total. The van der Waals surface area contributed by atoms with Gasteiger partial charge in [-0.25, -0.2) is 4.79 Å². The Morgan fingerprint density at radius 3 is 2.80 bits per heavy atom. The van der Waals surface area contributed by atoms with Gasteiger partial charge in [0.1, 0.15) is 0 Å². The van der Waals surface area contributed by atoms with Crippen LogP contribution in [-0.2, 0) is 4.74 Å². The van der Waals surface area contributed by atoms with Crippen LogP contribution in [0.2, 0.25) is 0 Å². The van der Waals surface area contributed by atoms with Gasteiger partial charge >= 0.3 is 6.09 Å². The number of ether oxygens (including phenoxy) is 1. The van der Waals surface area contributed by atoms with Crippen LogP contribution in [-0.4, -0.2) is 31.0 Å². The van der Waals surface area contributed by atoms with Crippen molar-refractivity contribution in [3.63, 3.8) is 0 Å². The summed E-state index contributed by atoms with van der Waals surface area (Å²) in [6.45, 7) is 1.91. The molecule has 10 heavy (non-hydrogen) atoms. The maximum atomic E-state index is 10.4. The maximum Gasteiger partial charge on any atom is 0.406 e. The van der Waals surface area contributed by atoms with Crippen LogP contribution >= 0.6 is 0 Å². The standard InChI is InChI=1S/C6H13NO3/c1-5(8)3-4-10-6(9)7-2/h5,8H,3-4H2,1-2H3,(H,7,9). The smallest absolute Gasteiger partial charge is 0.406 e. The van der Waals surface area contributed by atoms with E-state index in [0.29, 0.717) is 6.42 Å². The van der Waals surface area contributed by atoms with E-state index in [1.165, 1.54) is 7.05 Å². The number of aliphatic hydroxyl groups excluding tert-OH is 1. The van der Waals surface area contributed by atoms with Crippen LogP contribution in [0, 0.1) is 0 Å². The first-order chi connectivity index (χ1) is 4.66. The van der Waals surface area contributed by atoms with Crippen molar-refractivity contribution in [2.24, 2.45) is 0 Å². The highest BCUT2D eigenvalue weighted by molar-refractivity contribution is 5.66. The molecular formula is C6H13NO3. The summed E-state index contributed by atoms with van der Waals surface area (Å²) in [5.74, 6) is 0. The Balaban J connectivity index is 3.12. The molecule has 60 valence electrons. The van der Waals surface area contributed by atoms with E-state index in [-0.39, 0.29) is 6.61 Å². The number of carbonyl (C=O) groups is 1. The van der Waals surface area contributed by atoms with Crippen LogP contribution in [0.5, 0.6) is 0 Å². The van der Waals surface area contributed by atoms with Crippen LogP contribution in [0.3, 0.4) is 0 Å². The van der Waals surface area contributed by atoms with E-state index >= 15 is 0 Å². The average Bonchev–Trinajstić information content (AvgIpc) is 1.87. The Labute approximate surface area is 60.2 Å². The van der Waals surface area contributed by atoms with Gasteiger partial charge in [-0.2, -0.15) is 0 Å². The molecule has 0 saturated heterocycles. The molecule has 1 atom stereocenters. The minimum atomic E-state index is -0.458. The second-order valence-corrected chi connectivity index (χ2v) is 2.02. The van der Waals surface area contributed by atoms with E-state index in [0.717, 1.165) is 0 Å². The Kier molecular flexibility index (Phi) is 4.66. The first-order valence-electron chi connectivity index (χ1n) is 3.19. The molecule has 0 aromatic rings. The summed E-state index contributed by atoms with van der Waals surface area (Å²) in [6, 6.07) is 0. The second-order valence-electron chi connectivity index (χ2n) is 2.02. The van der Waals surface area contributed by atoms with Gasteiger partial charge in [0, 0.05) is 13.5 Å². The van der Waals surface area contributed by atoms with E-state index in [1.807, 2.05) is 0 Å². The zero-order valence-electron chi connectivity index (χ0n) is 6.26. The lowest BCUT2D eigenvalue weighted by molar-refractivity contribution is 0.115. The number of nitrogens with one attached hydrogen (secondary N) is 1. The largest absolute Gasteiger partial charge is 0.449 e. The Bertz CT molecular complexity index is 103. The molecule has 4 heteroatoms. The number of rotatable bonds is 3. The summed E-state index contributed by atoms with van der Waals surface area (Å²) >= 11 is 0. The molecule has 0 aliphatic rings. The lowest BCUT2D eigenvalue weighted by atomic mass is 10.3. The van der Waals surface area contributed by atoms with Gasteiger partial charge in [-0.1, -0.05) is 0 Å². The summed E-state index contributed by atoms with van der Waals surface area (Å²) in [4.78, 5) is 10.4. The monoisotopic (exact) mass is 147 g/mol. The van der Waals surface area contributed by atoms with Crippen LogP contribution in [0.1, 0.15) is 13.3 Å². The third kappa shape index (κ3) is 5.37. The van der Waals surface area contributed by atoms with Gasteiger partial charge in [0.05, 0.1) is 12.7 Å². The zero-order valence-corrected chi connectivity index (χ0v) is 6.26. The fraction of sp³-hybridized carbons (Fsp3) is 0.833. The Morgan fingerprint density at radius 2 is 2.40 bits per heavy atom. The molecule has 0 bridgehead atoms. The third-order valence-corrected chi connectivity index (χ3v) is 0.973. The number of carbonyl (C=O) groups excluding carboxylic acids is 1. The van der Waals surface area contributed by atoms with Gasteiger partial charge in [0.2, 0.25) is 0 Å². The summed E-state index contributed by atoms with van der Waals surface area (Å²) < 4.78 is 4.59.